The zero-order valence-electron chi connectivity index (χ0n) is 17.8. The highest BCUT2D eigenvalue weighted by Gasteiger charge is 2.24. The number of carbonyl (C=O) groups is 1. The van der Waals surface area contributed by atoms with Gasteiger partial charge in [0.15, 0.2) is 11.7 Å². The van der Waals surface area contributed by atoms with Gasteiger partial charge in [-0.05, 0) is 49.2 Å². The van der Waals surface area contributed by atoms with Crippen LogP contribution in [0.5, 0.6) is 11.5 Å². The molecule has 0 bridgehead atoms. The molecule has 1 aliphatic rings. The molecule has 1 unspecified atom stereocenters. The average Bonchev–Trinajstić information content (AvgIpc) is 3.31. The van der Waals surface area contributed by atoms with E-state index in [2.05, 4.69) is 4.98 Å². The molecule has 31 heavy (non-hydrogen) atoms. The van der Waals surface area contributed by atoms with Gasteiger partial charge in [-0.3, -0.25) is 4.79 Å². The second-order valence-electron chi connectivity index (χ2n) is 7.82. The first-order valence-electron chi connectivity index (χ1n) is 10.8. The van der Waals surface area contributed by atoms with Crippen molar-refractivity contribution in [1.82, 2.24) is 9.88 Å². The number of likely N-dealkylation sites (tertiary alicyclic amines) is 1. The molecule has 1 aromatic heterocycles. The maximum atomic E-state index is 12.7. The molecule has 0 saturated carbocycles. The Morgan fingerprint density at radius 1 is 1.13 bits per heavy atom. The van der Waals surface area contributed by atoms with Gasteiger partial charge < -0.3 is 18.8 Å². The van der Waals surface area contributed by atoms with E-state index in [1.807, 2.05) is 59.5 Å². The fourth-order valence-corrected chi connectivity index (χ4v) is 3.84. The minimum Gasteiger partial charge on any atom is -0.497 e. The summed E-state index contributed by atoms with van der Waals surface area (Å²) in [5.74, 6) is 3.46. The van der Waals surface area contributed by atoms with Crippen LogP contribution in [0.3, 0.4) is 0 Å². The molecular formula is C25H28N2O4. The molecule has 0 aliphatic carbocycles. The Hall–Kier alpha value is -3.28. The Balaban J connectivity index is 1.26. The van der Waals surface area contributed by atoms with Crippen LogP contribution in [0.2, 0.25) is 0 Å². The number of nitrogens with zero attached hydrogens (tertiary/aromatic N) is 2. The topological polar surface area (TPSA) is 64.8 Å². The summed E-state index contributed by atoms with van der Waals surface area (Å²) in [6.07, 6.45) is 4.70. The summed E-state index contributed by atoms with van der Waals surface area (Å²) in [4.78, 5) is 19.0. The largest absolute Gasteiger partial charge is 0.497 e. The number of aryl methyl sites for hydroxylation is 1. The number of aromatic nitrogens is 1. The molecule has 4 rings (SSSR count). The van der Waals surface area contributed by atoms with Crippen LogP contribution in [0, 0.1) is 5.92 Å². The van der Waals surface area contributed by atoms with Gasteiger partial charge in [0, 0.05) is 37.4 Å². The van der Waals surface area contributed by atoms with E-state index < -0.39 is 0 Å². The van der Waals surface area contributed by atoms with E-state index in [4.69, 9.17) is 13.9 Å². The van der Waals surface area contributed by atoms with Crippen LogP contribution >= 0.6 is 0 Å². The number of piperidine rings is 1. The van der Waals surface area contributed by atoms with Crippen molar-refractivity contribution in [3.05, 3.63) is 66.7 Å². The zero-order chi connectivity index (χ0) is 21.5. The van der Waals surface area contributed by atoms with Gasteiger partial charge in [0.1, 0.15) is 11.5 Å². The molecule has 162 valence electrons. The van der Waals surface area contributed by atoms with Crippen LogP contribution in [0.4, 0.5) is 0 Å². The van der Waals surface area contributed by atoms with Crippen LogP contribution in [-0.2, 0) is 11.2 Å². The molecule has 1 fully saturated rings. The Morgan fingerprint density at radius 2 is 1.94 bits per heavy atom. The van der Waals surface area contributed by atoms with Crippen LogP contribution in [0.15, 0.2) is 65.2 Å². The summed E-state index contributed by atoms with van der Waals surface area (Å²) in [5, 5.41) is 0. The van der Waals surface area contributed by atoms with Gasteiger partial charge in [0.2, 0.25) is 5.91 Å². The highest BCUT2D eigenvalue weighted by molar-refractivity contribution is 5.76. The summed E-state index contributed by atoms with van der Waals surface area (Å²) >= 11 is 0. The standard InChI is InChI=1S/C25H28N2O4/c1-29-21-11-9-20(10-12-21)23-16-26-24(31-23)13-14-25(28)27-15-5-6-19(17-27)18-30-22-7-3-2-4-8-22/h2-4,7-12,16,19H,5-6,13-15,17-18H2,1H3. The molecule has 2 heterocycles. The van der Waals surface area contributed by atoms with E-state index in [1.54, 1.807) is 13.3 Å². The Labute approximate surface area is 182 Å². The van der Waals surface area contributed by atoms with Crippen LogP contribution < -0.4 is 9.47 Å². The third-order valence-corrected chi connectivity index (χ3v) is 5.58. The molecular weight excluding hydrogens is 392 g/mol. The van der Waals surface area contributed by atoms with Gasteiger partial charge in [-0.15, -0.1) is 0 Å². The smallest absolute Gasteiger partial charge is 0.223 e. The van der Waals surface area contributed by atoms with Crippen molar-refractivity contribution in [1.29, 1.82) is 0 Å². The number of amides is 1. The van der Waals surface area contributed by atoms with Gasteiger partial charge in [-0.25, -0.2) is 4.98 Å². The first-order chi connectivity index (χ1) is 15.2. The molecule has 0 N–H and O–H groups in total. The van der Waals surface area contributed by atoms with Crippen LogP contribution in [0.25, 0.3) is 11.3 Å². The first-order valence-corrected chi connectivity index (χ1v) is 10.8. The van der Waals surface area contributed by atoms with Crippen molar-refractivity contribution in [3.8, 4) is 22.8 Å². The molecule has 6 nitrogen and oxygen atoms in total. The lowest BCUT2D eigenvalue weighted by atomic mass is 9.98. The van der Waals surface area contributed by atoms with E-state index in [9.17, 15) is 4.79 Å². The number of ether oxygens (including phenoxy) is 2. The first kappa shape index (κ1) is 21.0. The van der Waals surface area contributed by atoms with Crippen LogP contribution in [0.1, 0.15) is 25.2 Å². The van der Waals surface area contributed by atoms with Gasteiger partial charge in [0.05, 0.1) is 19.9 Å². The summed E-state index contributed by atoms with van der Waals surface area (Å²) in [6, 6.07) is 17.5. The van der Waals surface area contributed by atoms with Crippen LogP contribution in [-0.4, -0.2) is 42.6 Å². The van der Waals surface area contributed by atoms with Crippen molar-refractivity contribution >= 4 is 5.91 Å². The molecule has 0 radical (unpaired) electrons. The van der Waals surface area contributed by atoms with E-state index >= 15 is 0 Å². The van der Waals surface area contributed by atoms with Gasteiger partial charge in [-0.1, -0.05) is 18.2 Å². The minimum absolute atomic E-state index is 0.147. The molecule has 1 amide bonds. The molecule has 2 aromatic carbocycles. The number of oxazole rings is 1. The van der Waals surface area contributed by atoms with Crippen molar-refractivity contribution in [2.45, 2.75) is 25.7 Å². The summed E-state index contributed by atoms with van der Waals surface area (Å²) < 4.78 is 16.9. The second-order valence-corrected chi connectivity index (χ2v) is 7.82. The normalized spacial score (nSPS) is 16.2. The molecule has 3 aromatic rings. The summed E-state index contributed by atoms with van der Waals surface area (Å²) in [5.41, 5.74) is 0.933. The lowest BCUT2D eigenvalue weighted by Crippen LogP contribution is -2.41. The Morgan fingerprint density at radius 3 is 2.71 bits per heavy atom. The monoisotopic (exact) mass is 420 g/mol. The predicted octanol–water partition coefficient (Wildman–Crippen LogP) is 4.60. The fraction of sp³-hybridized carbons (Fsp3) is 0.360. The number of hydrogen-bond donors (Lipinski definition) is 0. The second kappa shape index (κ2) is 10.2. The van der Waals surface area contributed by atoms with Crippen molar-refractivity contribution < 1.29 is 18.7 Å². The number of methoxy groups -OCH3 is 1. The van der Waals surface area contributed by atoms with Crippen molar-refractivity contribution in [2.24, 2.45) is 5.92 Å². The Bertz CT molecular complexity index is 969. The summed E-state index contributed by atoms with van der Waals surface area (Å²) in [6.45, 7) is 2.19. The van der Waals surface area contributed by atoms with Crippen molar-refractivity contribution in [3.63, 3.8) is 0 Å². The molecule has 1 aliphatic heterocycles. The van der Waals surface area contributed by atoms with E-state index in [-0.39, 0.29) is 5.91 Å². The number of carbonyl (C=O) groups excluding carboxylic acids is 1. The quantitative estimate of drug-likeness (QED) is 0.533. The predicted molar refractivity (Wildman–Crippen MR) is 118 cm³/mol. The maximum Gasteiger partial charge on any atom is 0.223 e. The number of rotatable bonds is 8. The highest BCUT2D eigenvalue weighted by atomic mass is 16.5. The minimum atomic E-state index is 0.147. The lowest BCUT2D eigenvalue weighted by Gasteiger charge is -2.32. The van der Waals surface area contributed by atoms with E-state index in [0.717, 1.165) is 43.0 Å². The fourth-order valence-electron chi connectivity index (χ4n) is 3.84. The number of para-hydroxylation sites is 1. The molecule has 1 saturated heterocycles. The molecule has 6 heteroatoms. The van der Waals surface area contributed by atoms with Gasteiger partial charge >= 0.3 is 0 Å². The van der Waals surface area contributed by atoms with Gasteiger partial charge in [0.25, 0.3) is 0 Å². The SMILES string of the molecule is COc1ccc(-c2cnc(CCC(=O)N3CCCC(COc4ccccc4)C3)o2)cc1. The third-order valence-electron chi connectivity index (χ3n) is 5.58. The summed E-state index contributed by atoms with van der Waals surface area (Å²) in [7, 11) is 1.64. The van der Waals surface area contributed by atoms with E-state index in [1.165, 1.54) is 0 Å². The maximum absolute atomic E-state index is 12.7. The van der Waals surface area contributed by atoms with E-state index in [0.29, 0.717) is 37.0 Å². The number of hydrogen-bond acceptors (Lipinski definition) is 5. The Kier molecular flexibility index (Phi) is 6.87. The lowest BCUT2D eigenvalue weighted by molar-refractivity contribution is -0.133. The molecule has 1 atom stereocenters. The third kappa shape index (κ3) is 5.66. The van der Waals surface area contributed by atoms with Gasteiger partial charge in [-0.2, -0.15) is 0 Å². The highest BCUT2D eigenvalue weighted by Crippen LogP contribution is 2.24. The zero-order valence-corrected chi connectivity index (χ0v) is 17.8. The number of benzene rings is 2. The van der Waals surface area contributed by atoms with Crippen molar-refractivity contribution in [2.75, 3.05) is 26.8 Å². The molecule has 0 spiro atoms. The average molecular weight is 421 g/mol.